The van der Waals surface area contributed by atoms with Crippen molar-refractivity contribution in [2.45, 2.75) is 32.2 Å². The zero-order valence-electron chi connectivity index (χ0n) is 12.4. The molecule has 0 radical (unpaired) electrons. The van der Waals surface area contributed by atoms with E-state index in [4.69, 9.17) is 0 Å². The first-order chi connectivity index (χ1) is 10.2. The van der Waals surface area contributed by atoms with E-state index in [2.05, 4.69) is 16.3 Å². The van der Waals surface area contributed by atoms with Gasteiger partial charge in [-0.2, -0.15) is 5.26 Å². The van der Waals surface area contributed by atoms with Crippen molar-refractivity contribution in [2.24, 2.45) is 5.41 Å². The average Bonchev–Trinajstić information content (AvgIpc) is 2.48. The van der Waals surface area contributed by atoms with E-state index in [-0.39, 0.29) is 5.82 Å². The van der Waals surface area contributed by atoms with Crippen LogP contribution in [0.1, 0.15) is 36.8 Å². The summed E-state index contributed by atoms with van der Waals surface area (Å²) in [5.74, 6) is -0.255. The van der Waals surface area contributed by atoms with E-state index in [1.165, 1.54) is 37.8 Å². The number of hydrogen-bond donors (Lipinski definition) is 1. The molecule has 0 amide bonds. The molecule has 1 unspecified atom stereocenters. The van der Waals surface area contributed by atoms with Crippen LogP contribution in [0.4, 0.5) is 4.39 Å². The third-order valence-electron chi connectivity index (χ3n) is 4.88. The molecule has 0 aromatic heterocycles. The normalized spacial score (nSPS) is 26.7. The number of nitrogens with zero attached hydrogens (tertiary/aromatic N) is 2. The number of hydrogen-bond acceptors (Lipinski definition) is 3. The molecule has 2 aliphatic rings. The Morgan fingerprint density at radius 2 is 2.19 bits per heavy atom. The number of piperidine rings is 2. The maximum Gasteiger partial charge on any atom is 0.123 e. The van der Waals surface area contributed by atoms with Crippen LogP contribution in [0.5, 0.6) is 0 Å². The average molecular weight is 287 g/mol. The fraction of sp³-hybridized carbons (Fsp3) is 0.588. The molecular formula is C17H22FN3. The van der Waals surface area contributed by atoms with Gasteiger partial charge in [0.2, 0.25) is 0 Å². The second kappa shape index (κ2) is 6.13. The van der Waals surface area contributed by atoms with E-state index >= 15 is 0 Å². The van der Waals surface area contributed by atoms with Crippen LogP contribution in [-0.4, -0.2) is 31.1 Å². The van der Waals surface area contributed by atoms with Crippen molar-refractivity contribution in [1.82, 2.24) is 10.2 Å². The lowest BCUT2D eigenvalue weighted by atomic mass is 9.74. The minimum atomic E-state index is -0.255. The van der Waals surface area contributed by atoms with Crippen molar-refractivity contribution < 1.29 is 4.39 Å². The van der Waals surface area contributed by atoms with Crippen molar-refractivity contribution in [2.75, 3.05) is 26.2 Å². The summed E-state index contributed by atoms with van der Waals surface area (Å²) in [6.45, 7) is 5.01. The monoisotopic (exact) mass is 287 g/mol. The Morgan fingerprint density at radius 3 is 2.95 bits per heavy atom. The molecule has 1 spiro atoms. The Hall–Kier alpha value is -1.44. The molecule has 0 saturated carbocycles. The summed E-state index contributed by atoms with van der Waals surface area (Å²) in [5, 5.41) is 12.7. The molecule has 0 aliphatic carbocycles. The van der Waals surface area contributed by atoms with Gasteiger partial charge in [0.1, 0.15) is 5.82 Å². The molecule has 2 saturated heterocycles. The molecule has 0 bridgehead atoms. The molecule has 2 fully saturated rings. The summed E-state index contributed by atoms with van der Waals surface area (Å²) >= 11 is 0. The van der Waals surface area contributed by atoms with Crippen LogP contribution in [0, 0.1) is 22.6 Å². The number of benzene rings is 1. The summed E-state index contributed by atoms with van der Waals surface area (Å²) in [6.07, 6.45) is 5.01. The number of rotatable bonds is 2. The summed E-state index contributed by atoms with van der Waals surface area (Å²) in [4.78, 5) is 2.39. The lowest BCUT2D eigenvalue weighted by Crippen LogP contribution is -2.50. The topological polar surface area (TPSA) is 39.1 Å². The minimum Gasteiger partial charge on any atom is -0.316 e. The smallest absolute Gasteiger partial charge is 0.123 e. The molecule has 4 heteroatoms. The highest BCUT2D eigenvalue weighted by Gasteiger charge is 2.36. The maximum atomic E-state index is 13.4. The number of likely N-dealkylation sites (tertiary alicyclic amines) is 1. The van der Waals surface area contributed by atoms with Gasteiger partial charge in [0, 0.05) is 19.6 Å². The third kappa shape index (κ3) is 3.25. The highest BCUT2D eigenvalue weighted by molar-refractivity contribution is 5.37. The van der Waals surface area contributed by atoms with Crippen LogP contribution in [0.15, 0.2) is 18.2 Å². The van der Waals surface area contributed by atoms with Gasteiger partial charge in [0.25, 0.3) is 0 Å². The number of nitrogens with one attached hydrogen (secondary N) is 1. The lowest BCUT2D eigenvalue weighted by Gasteiger charge is -2.45. The Balaban J connectivity index is 1.73. The van der Waals surface area contributed by atoms with E-state index in [0.717, 1.165) is 31.7 Å². The van der Waals surface area contributed by atoms with Gasteiger partial charge >= 0.3 is 0 Å². The van der Waals surface area contributed by atoms with Gasteiger partial charge in [0.15, 0.2) is 0 Å². The Morgan fingerprint density at radius 1 is 1.33 bits per heavy atom. The molecule has 112 valence electrons. The molecule has 1 aromatic carbocycles. The Kier molecular flexibility index (Phi) is 4.23. The minimum absolute atomic E-state index is 0.255. The second-order valence-corrected chi connectivity index (χ2v) is 6.51. The van der Waals surface area contributed by atoms with Crippen molar-refractivity contribution >= 4 is 0 Å². The third-order valence-corrected chi connectivity index (χ3v) is 4.88. The molecular weight excluding hydrogens is 265 g/mol. The fourth-order valence-electron chi connectivity index (χ4n) is 3.87. The van der Waals surface area contributed by atoms with E-state index < -0.39 is 0 Å². The summed E-state index contributed by atoms with van der Waals surface area (Å²) in [6, 6.07) is 6.65. The van der Waals surface area contributed by atoms with E-state index in [0.29, 0.717) is 17.5 Å². The van der Waals surface area contributed by atoms with Gasteiger partial charge in [-0.15, -0.1) is 0 Å². The first-order valence-corrected chi connectivity index (χ1v) is 7.82. The van der Waals surface area contributed by atoms with Crippen LogP contribution >= 0.6 is 0 Å². The van der Waals surface area contributed by atoms with Gasteiger partial charge in [-0.05, 0) is 68.0 Å². The van der Waals surface area contributed by atoms with Gasteiger partial charge in [-0.25, -0.2) is 4.39 Å². The molecule has 2 aliphatic heterocycles. The van der Waals surface area contributed by atoms with Crippen LogP contribution in [0.25, 0.3) is 0 Å². The zero-order chi connectivity index (χ0) is 14.7. The first-order valence-electron chi connectivity index (χ1n) is 7.82. The highest BCUT2D eigenvalue weighted by Crippen LogP contribution is 2.36. The van der Waals surface area contributed by atoms with E-state index in [1.807, 2.05) is 0 Å². The van der Waals surface area contributed by atoms with Crippen LogP contribution < -0.4 is 5.32 Å². The molecule has 3 nitrogen and oxygen atoms in total. The standard InChI is InChI=1S/C17H22FN3/c18-16-4-3-14(10-19)15(9-16)11-21-8-2-6-17(13-21)5-1-7-20-12-17/h3-4,9,20H,1-2,5-8,11-13H2. The lowest BCUT2D eigenvalue weighted by molar-refractivity contribution is 0.0600. The van der Waals surface area contributed by atoms with Crippen molar-refractivity contribution in [3.05, 3.63) is 35.1 Å². The molecule has 21 heavy (non-hydrogen) atoms. The van der Waals surface area contributed by atoms with Crippen molar-refractivity contribution in [3.63, 3.8) is 0 Å². The molecule has 1 atom stereocenters. The van der Waals surface area contributed by atoms with Gasteiger partial charge in [0.05, 0.1) is 11.6 Å². The predicted molar refractivity (Wildman–Crippen MR) is 80.2 cm³/mol. The molecule has 1 aromatic rings. The Bertz CT molecular complexity index is 538. The number of halogens is 1. The van der Waals surface area contributed by atoms with Gasteiger partial charge < -0.3 is 5.32 Å². The fourth-order valence-corrected chi connectivity index (χ4v) is 3.87. The largest absolute Gasteiger partial charge is 0.316 e. The van der Waals surface area contributed by atoms with Crippen LogP contribution in [0.3, 0.4) is 0 Å². The SMILES string of the molecule is N#Cc1ccc(F)cc1CN1CCCC2(CCCNC2)C1. The van der Waals surface area contributed by atoms with Crippen LogP contribution in [-0.2, 0) is 6.54 Å². The Labute approximate surface area is 125 Å². The maximum absolute atomic E-state index is 13.4. The molecule has 2 heterocycles. The zero-order valence-corrected chi connectivity index (χ0v) is 12.4. The summed E-state index contributed by atoms with van der Waals surface area (Å²) in [5.41, 5.74) is 1.80. The molecule has 1 N–H and O–H groups in total. The van der Waals surface area contributed by atoms with Crippen molar-refractivity contribution in [1.29, 1.82) is 5.26 Å². The first kappa shape index (κ1) is 14.5. The summed E-state index contributed by atoms with van der Waals surface area (Å²) < 4.78 is 13.4. The predicted octanol–water partition coefficient (Wildman–Crippen LogP) is 2.66. The van der Waals surface area contributed by atoms with E-state index in [1.54, 1.807) is 6.07 Å². The number of nitriles is 1. The van der Waals surface area contributed by atoms with Crippen molar-refractivity contribution in [3.8, 4) is 6.07 Å². The van der Waals surface area contributed by atoms with Gasteiger partial charge in [-0.3, -0.25) is 4.90 Å². The molecule has 3 rings (SSSR count). The highest BCUT2D eigenvalue weighted by atomic mass is 19.1. The second-order valence-electron chi connectivity index (χ2n) is 6.51. The summed E-state index contributed by atoms with van der Waals surface area (Å²) in [7, 11) is 0. The van der Waals surface area contributed by atoms with Gasteiger partial charge in [-0.1, -0.05) is 0 Å². The van der Waals surface area contributed by atoms with Crippen LogP contribution in [0.2, 0.25) is 0 Å². The quantitative estimate of drug-likeness (QED) is 0.909. The van der Waals surface area contributed by atoms with E-state index in [9.17, 15) is 9.65 Å².